The van der Waals surface area contributed by atoms with Crippen molar-refractivity contribution in [3.63, 3.8) is 0 Å². The van der Waals surface area contributed by atoms with Crippen LogP contribution in [0.1, 0.15) is 47.1 Å². The summed E-state index contributed by atoms with van der Waals surface area (Å²) in [6.07, 6.45) is 10.6. The van der Waals surface area contributed by atoms with E-state index in [9.17, 15) is 14.7 Å². The zero-order valence-corrected chi connectivity index (χ0v) is 26.7. The molecule has 1 amide bonds. The maximum atomic E-state index is 13.9. The number of aliphatic hydroxyl groups excluding tert-OH is 1. The van der Waals surface area contributed by atoms with Crippen molar-refractivity contribution in [3.8, 4) is 11.1 Å². The summed E-state index contributed by atoms with van der Waals surface area (Å²) < 4.78 is 3.81. The third-order valence-corrected chi connectivity index (χ3v) is 9.72. The molecule has 0 spiro atoms. The summed E-state index contributed by atoms with van der Waals surface area (Å²) in [4.78, 5) is 42.8. The Balaban J connectivity index is 1.14. The van der Waals surface area contributed by atoms with E-state index in [-0.39, 0.29) is 18.1 Å². The van der Waals surface area contributed by atoms with Gasteiger partial charge < -0.3 is 24.5 Å². The van der Waals surface area contributed by atoms with Gasteiger partial charge in [-0.1, -0.05) is 6.92 Å². The second kappa shape index (κ2) is 12.7. The van der Waals surface area contributed by atoms with Crippen LogP contribution in [0.2, 0.25) is 0 Å². The van der Waals surface area contributed by atoms with E-state index in [2.05, 4.69) is 37.7 Å². The third-order valence-electron chi connectivity index (χ3n) is 9.72. The Morgan fingerprint density at radius 2 is 1.78 bits per heavy atom. The van der Waals surface area contributed by atoms with Crippen molar-refractivity contribution >= 4 is 28.9 Å². The normalized spacial score (nSPS) is 16.8. The zero-order chi connectivity index (χ0) is 31.8. The molecule has 1 aliphatic carbocycles. The van der Waals surface area contributed by atoms with E-state index in [1.165, 1.54) is 24.1 Å². The lowest BCUT2D eigenvalue weighted by atomic mass is 9.98. The fourth-order valence-electron chi connectivity index (χ4n) is 7.28. The van der Waals surface area contributed by atoms with Crippen LogP contribution in [-0.2, 0) is 32.9 Å². The first-order valence-electron chi connectivity index (χ1n) is 16.5. The highest BCUT2D eigenvalue weighted by molar-refractivity contribution is 6.06. The van der Waals surface area contributed by atoms with Gasteiger partial charge in [-0.15, -0.1) is 0 Å². The number of aryl methyl sites for hydroxylation is 2. The number of amides is 1. The second-order valence-electron chi connectivity index (χ2n) is 12.5. The molecule has 2 N–H and O–H groups in total. The number of aliphatic hydroxyl groups is 1. The fraction of sp³-hybridized carbons (Fsp3) is 0.429. The number of rotatable bonds is 8. The minimum Gasteiger partial charge on any atom is -0.395 e. The summed E-state index contributed by atoms with van der Waals surface area (Å²) in [5, 5.41) is 12.5. The fourth-order valence-corrected chi connectivity index (χ4v) is 7.28. The van der Waals surface area contributed by atoms with E-state index in [0.717, 1.165) is 73.6 Å². The van der Waals surface area contributed by atoms with Crippen molar-refractivity contribution in [2.24, 2.45) is 7.05 Å². The van der Waals surface area contributed by atoms with Gasteiger partial charge in [-0.25, -0.2) is 9.97 Å². The first-order valence-corrected chi connectivity index (χ1v) is 16.5. The van der Waals surface area contributed by atoms with Crippen LogP contribution >= 0.6 is 0 Å². The molecule has 0 radical (unpaired) electrons. The number of piperazine rings is 1. The van der Waals surface area contributed by atoms with Gasteiger partial charge in [0.2, 0.25) is 0 Å². The number of pyridine rings is 3. The Morgan fingerprint density at radius 3 is 2.54 bits per heavy atom. The zero-order valence-electron chi connectivity index (χ0n) is 26.7. The van der Waals surface area contributed by atoms with Gasteiger partial charge >= 0.3 is 0 Å². The van der Waals surface area contributed by atoms with Gasteiger partial charge in [0.25, 0.3) is 11.5 Å². The average Bonchev–Trinajstić information content (AvgIpc) is 3.47. The van der Waals surface area contributed by atoms with Gasteiger partial charge in [-0.2, -0.15) is 0 Å². The number of hydrogen-bond acceptors (Lipinski definition) is 8. The summed E-state index contributed by atoms with van der Waals surface area (Å²) in [7, 11) is 1.75. The van der Waals surface area contributed by atoms with Crippen molar-refractivity contribution in [2.45, 2.75) is 45.6 Å². The van der Waals surface area contributed by atoms with E-state index in [0.29, 0.717) is 36.8 Å². The molecule has 1 saturated heterocycles. The molecule has 1 fully saturated rings. The molecule has 0 saturated carbocycles. The summed E-state index contributed by atoms with van der Waals surface area (Å²) in [5.74, 6) is 1.28. The lowest BCUT2D eigenvalue weighted by molar-refractivity contribution is 0.0963. The Labute approximate surface area is 269 Å². The van der Waals surface area contributed by atoms with Crippen LogP contribution in [0.3, 0.4) is 0 Å². The summed E-state index contributed by atoms with van der Waals surface area (Å²) >= 11 is 0. The lowest BCUT2D eigenvalue weighted by Crippen LogP contribution is -2.47. The van der Waals surface area contributed by atoms with Crippen molar-refractivity contribution in [2.75, 3.05) is 61.0 Å². The predicted molar refractivity (Wildman–Crippen MR) is 180 cm³/mol. The Bertz CT molecular complexity index is 1800. The van der Waals surface area contributed by atoms with E-state index < -0.39 is 0 Å². The number of carbonyl (C=O) groups is 1. The largest absolute Gasteiger partial charge is 0.395 e. The van der Waals surface area contributed by atoms with Gasteiger partial charge in [-0.3, -0.25) is 19.4 Å². The number of β-amino-alcohol motifs (C(OH)–C–C–N with tert-alkyl or cyclic N) is 1. The molecule has 2 aliphatic heterocycles. The quantitative estimate of drug-likeness (QED) is 0.307. The number of nitrogens with one attached hydrogen (secondary N) is 1. The summed E-state index contributed by atoms with van der Waals surface area (Å²) in [6.45, 7) is 7.88. The van der Waals surface area contributed by atoms with E-state index in [4.69, 9.17) is 4.98 Å². The minimum absolute atomic E-state index is 0.00405. The van der Waals surface area contributed by atoms with Gasteiger partial charge in [-0.05, 0) is 73.6 Å². The molecule has 0 unspecified atom stereocenters. The molecular weight excluding hydrogens is 580 g/mol. The molecule has 0 atom stereocenters. The SMILES string of the molecule is CCc1c(-c2cc(Nc3ccc(N4CCN(CCO)CC4)cn3)c(=O)n(C)c2)ccnc1N1CCn2c(cc3c2CCCC3)C1=O. The van der Waals surface area contributed by atoms with Crippen LogP contribution in [0.5, 0.6) is 0 Å². The topological polar surface area (TPSA) is 112 Å². The highest BCUT2D eigenvalue weighted by atomic mass is 16.3. The van der Waals surface area contributed by atoms with Crippen molar-refractivity contribution in [1.82, 2.24) is 24.0 Å². The summed E-state index contributed by atoms with van der Waals surface area (Å²) in [5.41, 5.74) is 7.52. The molecule has 240 valence electrons. The maximum absolute atomic E-state index is 13.9. The molecule has 3 aliphatic rings. The smallest absolute Gasteiger partial charge is 0.276 e. The number of fused-ring (bicyclic) bond motifs is 3. The number of anilines is 4. The molecule has 4 aromatic rings. The number of nitrogens with zero attached hydrogens (tertiary/aromatic N) is 7. The molecule has 46 heavy (non-hydrogen) atoms. The molecule has 11 nitrogen and oxygen atoms in total. The van der Waals surface area contributed by atoms with Gasteiger partial charge in [0.15, 0.2) is 0 Å². The van der Waals surface area contributed by atoms with E-state index >= 15 is 0 Å². The highest BCUT2D eigenvalue weighted by Crippen LogP contribution is 2.35. The molecule has 11 heteroatoms. The Morgan fingerprint density at radius 1 is 0.957 bits per heavy atom. The van der Waals surface area contributed by atoms with Crippen molar-refractivity contribution in [1.29, 1.82) is 0 Å². The van der Waals surface area contributed by atoms with Crippen LogP contribution in [0.15, 0.2) is 53.7 Å². The highest BCUT2D eigenvalue weighted by Gasteiger charge is 2.32. The molecule has 7 rings (SSSR count). The van der Waals surface area contributed by atoms with Gasteiger partial charge in [0.05, 0.1) is 18.5 Å². The third kappa shape index (κ3) is 5.58. The first kappa shape index (κ1) is 30.2. The number of carbonyl (C=O) groups excluding carboxylic acids is 1. The van der Waals surface area contributed by atoms with Crippen molar-refractivity contribution in [3.05, 3.63) is 81.8 Å². The maximum Gasteiger partial charge on any atom is 0.276 e. The predicted octanol–water partition coefficient (Wildman–Crippen LogP) is 3.60. The standard InChI is InChI=1S/C35H42N8O3/c1-3-27-28(10-11-36-33(27)43-17-16-42-30-7-5-4-6-24(30)21-31(42)35(43)46)25-20-29(34(45)39(2)23-25)38-32-9-8-26(22-37-32)41-14-12-40(13-15-41)18-19-44/h8-11,20-23,44H,3-7,12-19H2,1-2H3,(H,37,38). The molecule has 4 aromatic heterocycles. The lowest BCUT2D eigenvalue weighted by Gasteiger charge is -2.35. The molecule has 0 aromatic carbocycles. The molecule has 0 bridgehead atoms. The van der Waals surface area contributed by atoms with Crippen LogP contribution in [0.25, 0.3) is 11.1 Å². The Kier molecular flexibility index (Phi) is 8.35. The summed E-state index contributed by atoms with van der Waals surface area (Å²) in [6, 6.07) is 9.86. The Hall–Kier alpha value is -4.48. The van der Waals surface area contributed by atoms with Crippen molar-refractivity contribution < 1.29 is 9.90 Å². The van der Waals surface area contributed by atoms with E-state index in [1.807, 2.05) is 41.6 Å². The monoisotopic (exact) mass is 622 g/mol. The van der Waals surface area contributed by atoms with Crippen LogP contribution in [-0.4, -0.2) is 80.9 Å². The average molecular weight is 623 g/mol. The van der Waals surface area contributed by atoms with Crippen LogP contribution in [0, 0.1) is 0 Å². The van der Waals surface area contributed by atoms with Crippen LogP contribution in [0.4, 0.5) is 23.0 Å². The van der Waals surface area contributed by atoms with Crippen LogP contribution < -0.4 is 20.7 Å². The second-order valence-corrected chi connectivity index (χ2v) is 12.5. The molecular formula is C35H42N8O3. The minimum atomic E-state index is -0.155. The molecule has 6 heterocycles. The number of hydrogen-bond donors (Lipinski definition) is 2. The van der Waals surface area contributed by atoms with E-state index in [1.54, 1.807) is 17.8 Å². The first-order chi connectivity index (χ1) is 22.4. The van der Waals surface area contributed by atoms with Gasteiger partial charge in [0, 0.05) is 82.1 Å². The number of aromatic nitrogens is 4. The van der Waals surface area contributed by atoms with Gasteiger partial charge in [0.1, 0.15) is 23.0 Å².